The predicted octanol–water partition coefficient (Wildman–Crippen LogP) is 3.02. The summed E-state index contributed by atoms with van der Waals surface area (Å²) in [6.45, 7) is 0. The summed E-state index contributed by atoms with van der Waals surface area (Å²) in [6.07, 6.45) is 1.13. The molecule has 0 saturated heterocycles. The highest BCUT2D eigenvalue weighted by Crippen LogP contribution is 2.22. The molecule has 1 heterocycles. The van der Waals surface area contributed by atoms with E-state index in [0.29, 0.717) is 16.6 Å². The number of H-pyrrole nitrogens is 1. The van der Waals surface area contributed by atoms with E-state index in [2.05, 4.69) is 45.5 Å². The number of benzene rings is 2. The third-order valence-electron chi connectivity index (χ3n) is 3.12. The van der Waals surface area contributed by atoms with Gasteiger partial charge in [-0.25, -0.2) is 4.98 Å². The lowest BCUT2D eigenvalue weighted by Gasteiger charge is -2.04. The van der Waals surface area contributed by atoms with E-state index in [1.165, 1.54) is 28.6 Å². The molecule has 3 aromatic rings. The van der Waals surface area contributed by atoms with Crippen molar-refractivity contribution in [3.63, 3.8) is 0 Å². The van der Waals surface area contributed by atoms with Crippen LogP contribution >= 0.6 is 11.8 Å². The monoisotopic (exact) mass is 311 g/mol. The Morgan fingerprint density at radius 1 is 1.18 bits per heavy atom. The highest BCUT2D eigenvalue weighted by atomic mass is 32.2. The molecule has 0 spiro atoms. The van der Waals surface area contributed by atoms with Crippen molar-refractivity contribution in [1.29, 1.82) is 0 Å². The number of oxime groups is 1. The number of rotatable bonds is 4. The first-order valence-electron chi connectivity index (χ1n) is 6.64. The molecular formula is C16H13N3O2S. The molecule has 3 rings (SSSR count). The number of nitrogens with one attached hydrogen (secondary N) is 1. The molecule has 22 heavy (non-hydrogen) atoms. The van der Waals surface area contributed by atoms with E-state index in [-0.39, 0.29) is 5.56 Å². The van der Waals surface area contributed by atoms with Crippen molar-refractivity contribution in [2.24, 2.45) is 5.16 Å². The van der Waals surface area contributed by atoms with Gasteiger partial charge in [0.15, 0.2) is 5.16 Å². The van der Waals surface area contributed by atoms with Crippen molar-refractivity contribution < 1.29 is 5.21 Å². The van der Waals surface area contributed by atoms with Crippen molar-refractivity contribution in [3.8, 4) is 0 Å². The van der Waals surface area contributed by atoms with Crippen LogP contribution in [0.4, 0.5) is 0 Å². The van der Waals surface area contributed by atoms with Crippen molar-refractivity contribution in [2.45, 2.75) is 10.9 Å². The lowest BCUT2D eigenvalue weighted by molar-refractivity contribution is 0.321. The molecule has 0 bridgehead atoms. The Morgan fingerprint density at radius 3 is 2.82 bits per heavy atom. The Bertz CT molecular complexity index is 890. The number of nitrogens with zero attached hydrogens (tertiary/aromatic N) is 2. The van der Waals surface area contributed by atoms with Gasteiger partial charge >= 0.3 is 0 Å². The molecule has 1 aromatic heterocycles. The molecule has 0 saturated carbocycles. The fraction of sp³-hybridized carbons (Fsp3) is 0.0625. The van der Waals surface area contributed by atoms with Crippen LogP contribution < -0.4 is 5.56 Å². The van der Waals surface area contributed by atoms with Gasteiger partial charge in [-0.2, -0.15) is 0 Å². The van der Waals surface area contributed by atoms with E-state index in [4.69, 9.17) is 5.21 Å². The molecule has 0 atom stereocenters. The molecule has 0 radical (unpaired) electrons. The van der Waals surface area contributed by atoms with Gasteiger partial charge in [0.05, 0.1) is 11.9 Å². The summed E-state index contributed by atoms with van der Waals surface area (Å²) in [7, 11) is 0. The molecule has 0 fully saturated rings. The third-order valence-corrected chi connectivity index (χ3v) is 4.06. The Balaban J connectivity index is 1.80. The molecular weight excluding hydrogens is 298 g/mol. The average molecular weight is 311 g/mol. The SMILES string of the molecule is O=c1cc(/C=N/O)nc(SCc2ccc3ccccc3c2)[nH]1. The maximum Gasteiger partial charge on any atom is 0.252 e. The number of hydrogen-bond donors (Lipinski definition) is 2. The van der Waals surface area contributed by atoms with Crippen molar-refractivity contribution in [2.75, 3.05) is 0 Å². The first-order chi connectivity index (χ1) is 10.7. The maximum atomic E-state index is 11.5. The van der Waals surface area contributed by atoms with Gasteiger partial charge in [-0.1, -0.05) is 59.4 Å². The Hall–Kier alpha value is -2.60. The predicted molar refractivity (Wildman–Crippen MR) is 87.7 cm³/mol. The second-order valence-electron chi connectivity index (χ2n) is 4.69. The van der Waals surface area contributed by atoms with Crippen LogP contribution in [0.25, 0.3) is 10.8 Å². The zero-order valence-electron chi connectivity index (χ0n) is 11.6. The Labute approximate surface area is 130 Å². The van der Waals surface area contributed by atoms with Gasteiger partial charge in [-0.3, -0.25) is 4.79 Å². The van der Waals surface area contributed by atoms with Gasteiger partial charge in [-0.05, 0) is 16.3 Å². The lowest BCUT2D eigenvalue weighted by Crippen LogP contribution is -2.09. The molecule has 0 aliphatic rings. The molecule has 0 unspecified atom stereocenters. The third kappa shape index (κ3) is 3.35. The van der Waals surface area contributed by atoms with Crippen LogP contribution in [0.2, 0.25) is 0 Å². The van der Waals surface area contributed by atoms with E-state index in [9.17, 15) is 4.79 Å². The maximum absolute atomic E-state index is 11.5. The summed E-state index contributed by atoms with van der Waals surface area (Å²) in [4.78, 5) is 18.4. The summed E-state index contributed by atoms with van der Waals surface area (Å²) in [6, 6.07) is 15.7. The van der Waals surface area contributed by atoms with Crippen LogP contribution in [0.1, 0.15) is 11.3 Å². The highest BCUT2D eigenvalue weighted by Gasteiger charge is 2.03. The number of aromatic nitrogens is 2. The fourth-order valence-electron chi connectivity index (χ4n) is 2.13. The minimum absolute atomic E-state index is 0.272. The van der Waals surface area contributed by atoms with Crippen LogP contribution in [-0.2, 0) is 5.75 Å². The van der Waals surface area contributed by atoms with Crippen molar-refractivity contribution >= 4 is 28.7 Å². The van der Waals surface area contributed by atoms with Crippen LogP contribution in [0.15, 0.2) is 63.6 Å². The lowest BCUT2D eigenvalue weighted by atomic mass is 10.1. The van der Waals surface area contributed by atoms with E-state index in [1.807, 2.05) is 12.1 Å². The summed E-state index contributed by atoms with van der Waals surface area (Å²) in [5, 5.41) is 14.3. The Kier molecular flexibility index (Phi) is 4.20. The highest BCUT2D eigenvalue weighted by molar-refractivity contribution is 7.98. The summed E-state index contributed by atoms with van der Waals surface area (Å²) < 4.78 is 0. The molecule has 110 valence electrons. The molecule has 2 N–H and O–H groups in total. The minimum atomic E-state index is -0.272. The largest absolute Gasteiger partial charge is 0.411 e. The molecule has 0 aliphatic carbocycles. The van der Waals surface area contributed by atoms with Crippen LogP contribution in [0.3, 0.4) is 0 Å². The van der Waals surface area contributed by atoms with Crippen LogP contribution in [-0.4, -0.2) is 21.4 Å². The van der Waals surface area contributed by atoms with E-state index in [1.54, 1.807) is 0 Å². The Morgan fingerprint density at radius 2 is 2.00 bits per heavy atom. The fourth-order valence-corrected chi connectivity index (χ4v) is 2.95. The molecule has 5 nitrogen and oxygen atoms in total. The van der Waals surface area contributed by atoms with Crippen LogP contribution in [0, 0.1) is 0 Å². The first-order valence-corrected chi connectivity index (χ1v) is 7.62. The second-order valence-corrected chi connectivity index (χ2v) is 5.65. The van der Waals surface area contributed by atoms with Gasteiger partial charge in [-0.15, -0.1) is 0 Å². The van der Waals surface area contributed by atoms with Crippen molar-refractivity contribution in [1.82, 2.24) is 9.97 Å². The average Bonchev–Trinajstić information content (AvgIpc) is 2.52. The molecule has 0 aliphatic heterocycles. The standard InChI is InChI=1S/C16H13N3O2S/c20-15-8-14(9-17-21)18-16(19-15)22-10-11-5-6-12-3-1-2-4-13(12)7-11/h1-9,21H,10H2,(H,18,19,20)/b17-9+. The van der Waals surface area contributed by atoms with Gasteiger partial charge < -0.3 is 10.2 Å². The molecule has 0 amide bonds. The molecule has 6 heteroatoms. The van der Waals surface area contributed by atoms with E-state index < -0.39 is 0 Å². The normalized spacial score (nSPS) is 11.3. The minimum Gasteiger partial charge on any atom is -0.411 e. The number of aromatic amines is 1. The summed E-state index contributed by atoms with van der Waals surface area (Å²) in [5.41, 5.74) is 1.20. The van der Waals surface area contributed by atoms with Crippen molar-refractivity contribution in [3.05, 3.63) is 70.1 Å². The van der Waals surface area contributed by atoms with Gasteiger partial charge in [0.2, 0.25) is 0 Å². The number of thioether (sulfide) groups is 1. The summed E-state index contributed by atoms with van der Waals surface area (Å²) in [5.74, 6) is 0.688. The zero-order valence-corrected chi connectivity index (χ0v) is 12.4. The topological polar surface area (TPSA) is 78.3 Å². The van der Waals surface area contributed by atoms with Gasteiger partial charge in [0.1, 0.15) is 0 Å². The quantitative estimate of drug-likeness (QED) is 0.255. The van der Waals surface area contributed by atoms with Gasteiger partial charge in [0.25, 0.3) is 5.56 Å². The number of hydrogen-bond acceptors (Lipinski definition) is 5. The summed E-state index contributed by atoms with van der Waals surface area (Å²) >= 11 is 1.43. The number of fused-ring (bicyclic) bond motifs is 1. The molecule has 2 aromatic carbocycles. The van der Waals surface area contributed by atoms with Crippen LogP contribution in [0.5, 0.6) is 0 Å². The van der Waals surface area contributed by atoms with E-state index >= 15 is 0 Å². The van der Waals surface area contributed by atoms with E-state index in [0.717, 1.165) is 11.8 Å². The first kappa shape index (κ1) is 14.3. The smallest absolute Gasteiger partial charge is 0.252 e. The second kappa shape index (κ2) is 6.44. The zero-order chi connectivity index (χ0) is 15.4. The van der Waals surface area contributed by atoms with Gasteiger partial charge in [0, 0.05) is 11.8 Å².